The van der Waals surface area contributed by atoms with Crippen molar-refractivity contribution in [2.75, 3.05) is 12.4 Å². The third-order valence-corrected chi connectivity index (χ3v) is 4.18. The Hall–Kier alpha value is -1.63. The van der Waals surface area contributed by atoms with Crippen LogP contribution in [0.2, 0.25) is 0 Å². The molecule has 22 heavy (non-hydrogen) atoms. The largest absolute Gasteiger partial charge is 0.468 e. The zero-order valence-electron chi connectivity index (χ0n) is 12.7. The normalized spacial score (nSPS) is 11.9. The molecule has 0 saturated heterocycles. The first-order valence-corrected chi connectivity index (χ1v) is 7.84. The van der Waals surface area contributed by atoms with Crippen molar-refractivity contribution in [3.63, 3.8) is 0 Å². The Morgan fingerprint density at radius 3 is 2.50 bits per heavy atom. The van der Waals surface area contributed by atoms with Gasteiger partial charge in [-0.1, -0.05) is 20.3 Å². The Morgan fingerprint density at radius 2 is 1.95 bits per heavy atom. The summed E-state index contributed by atoms with van der Waals surface area (Å²) in [4.78, 5) is 23.1. The average molecular weight is 331 g/mol. The van der Waals surface area contributed by atoms with Crippen LogP contribution in [0.4, 0.5) is 14.5 Å². The number of hydrogen-bond acceptors (Lipinski definition) is 4. The Bertz CT molecular complexity index is 552. The van der Waals surface area contributed by atoms with E-state index >= 15 is 0 Å². The molecule has 0 bridgehead atoms. The van der Waals surface area contributed by atoms with Crippen molar-refractivity contribution in [2.24, 2.45) is 0 Å². The highest BCUT2D eigenvalue weighted by molar-refractivity contribution is 8.00. The highest BCUT2D eigenvalue weighted by atomic mass is 32.2. The molecule has 0 heterocycles. The van der Waals surface area contributed by atoms with Gasteiger partial charge in [0.05, 0.1) is 12.8 Å². The summed E-state index contributed by atoms with van der Waals surface area (Å²) in [7, 11) is 1.26. The molecule has 1 aromatic rings. The molecule has 122 valence electrons. The minimum atomic E-state index is -0.853. The molecular formula is C15H19F2NO3S. The molecule has 1 unspecified atom stereocenters. The second kappa shape index (κ2) is 8.73. The van der Waals surface area contributed by atoms with Crippen LogP contribution < -0.4 is 5.32 Å². The van der Waals surface area contributed by atoms with Crippen LogP contribution in [0.1, 0.15) is 33.1 Å². The SMILES string of the molecule is CCCC(Sc1cc(NC(=O)CC)c(F)cc1F)C(=O)OC. The standard InChI is InChI=1S/C15H19F2NO3S/c1-4-6-12(15(20)21-3)22-13-8-11(18-14(19)5-2)9(16)7-10(13)17/h7-8,12H,4-6H2,1-3H3,(H,18,19). The van der Waals surface area contributed by atoms with Gasteiger partial charge in [-0.25, -0.2) is 8.78 Å². The number of amides is 1. The predicted molar refractivity (Wildman–Crippen MR) is 81.8 cm³/mol. The summed E-state index contributed by atoms with van der Waals surface area (Å²) >= 11 is 0.963. The summed E-state index contributed by atoms with van der Waals surface area (Å²) in [6, 6.07) is 1.91. The van der Waals surface area contributed by atoms with Gasteiger partial charge in [0, 0.05) is 17.4 Å². The molecule has 0 fully saturated rings. The Kier molecular flexibility index (Phi) is 7.31. The van der Waals surface area contributed by atoms with Crippen LogP contribution in [-0.4, -0.2) is 24.2 Å². The van der Waals surface area contributed by atoms with Gasteiger partial charge in [-0.05, 0) is 12.5 Å². The van der Waals surface area contributed by atoms with Gasteiger partial charge in [0.15, 0.2) is 0 Å². The number of carbonyl (C=O) groups excluding carboxylic acids is 2. The molecular weight excluding hydrogens is 312 g/mol. The van der Waals surface area contributed by atoms with Gasteiger partial charge in [0.2, 0.25) is 5.91 Å². The first kappa shape index (κ1) is 18.4. The van der Waals surface area contributed by atoms with Gasteiger partial charge in [-0.2, -0.15) is 0 Å². The van der Waals surface area contributed by atoms with Crippen molar-refractivity contribution in [3.8, 4) is 0 Å². The van der Waals surface area contributed by atoms with Crippen LogP contribution in [0.5, 0.6) is 0 Å². The highest BCUT2D eigenvalue weighted by Gasteiger charge is 2.22. The lowest BCUT2D eigenvalue weighted by Gasteiger charge is -2.15. The zero-order chi connectivity index (χ0) is 16.7. The van der Waals surface area contributed by atoms with Crippen molar-refractivity contribution in [3.05, 3.63) is 23.8 Å². The van der Waals surface area contributed by atoms with E-state index in [0.29, 0.717) is 12.5 Å². The minimum Gasteiger partial charge on any atom is -0.468 e. The van der Waals surface area contributed by atoms with E-state index in [1.807, 2.05) is 6.92 Å². The number of ether oxygens (including phenoxy) is 1. The lowest BCUT2D eigenvalue weighted by atomic mass is 10.2. The van der Waals surface area contributed by atoms with Crippen LogP contribution in [-0.2, 0) is 14.3 Å². The molecule has 4 nitrogen and oxygen atoms in total. The Balaban J connectivity index is 3.04. The zero-order valence-corrected chi connectivity index (χ0v) is 13.6. The number of benzene rings is 1. The number of esters is 1. The van der Waals surface area contributed by atoms with Gasteiger partial charge >= 0.3 is 5.97 Å². The number of rotatable bonds is 7. The van der Waals surface area contributed by atoms with E-state index in [-0.39, 0.29) is 22.9 Å². The molecule has 0 aliphatic carbocycles. The monoisotopic (exact) mass is 331 g/mol. The van der Waals surface area contributed by atoms with Gasteiger partial charge in [-0.3, -0.25) is 9.59 Å². The fourth-order valence-electron chi connectivity index (χ4n) is 1.73. The third-order valence-electron chi connectivity index (χ3n) is 2.90. The molecule has 0 aliphatic rings. The number of anilines is 1. The second-order valence-electron chi connectivity index (χ2n) is 4.58. The minimum absolute atomic E-state index is 0.0941. The fourth-order valence-corrected chi connectivity index (χ4v) is 2.94. The summed E-state index contributed by atoms with van der Waals surface area (Å²) in [5.41, 5.74) is -0.101. The molecule has 0 saturated carbocycles. The van der Waals surface area contributed by atoms with Crippen molar-refractivity contribution in [2.45, 2.75) is 43.3 Å². The third kappa shape index (κ3) is 4.98. The van der Waals surface area contributed by atoms with E-state index in [4.69, 9.17) is 0 Å². The summed E-state index contributed by atoms with van der Waals surface area (Å²) < 4.78 is 32.3. The van der Waals surface area contributed by atoms with Crippen LogP contribution in [0.25, 0.3) is 0 Å². The van der Waals surface area contributed by atoms with Crippen LogP contribution in [0.3, 0.4) is 0 Å². The van der Waals surface area contributed by atoms with Gasteiger partial charge in [0.25, 0.3) is 0 Å². The van der Waals surface area contributed by atoms with E-state index in [1.54, 1.807) is 6.92 Å². The lowest BCUT2D eigenvalue weighted by Crippen LogP contribution is -2.19. The van der Waals surface area contributed by atoms with Crippen LogP contribution in [0.15, 0.2) is 17.0 Å². The first-order valence-electron chi connectivity index (χ1n) is 6.96. The topological polar surface area (TPSA) is 55.4 Å². The van der Waals surface area contributed by atoms with Crippen molar-refractivity contribution < 1.29 is 23.1 Å². The summed E-state index contributed by atoms with van der Waals surface area (Å²) in [5.74, 6) is -2.47. The van der Waals surface area contributed by atoms with Crippen LogP contribution >= 0.6 is 11.8 Å². The van der Waals surface area contributed by atoms with E-state index in [1.165, 1.54) is 13.2 Å². The highest BCUT2D eigenvalue weighted by Crippen LogP contribution is 2.32. The number of thioether (sulfide) groups is 1. The van der Waals surface area contributed by atoms with Crippen molar-refractivity contribution in [1.29, 1.82) is 0 Å². The molecule has 1 N–H and O–H groups in total. The van der Waals surface area contributed by atoms with Crippen LogP contribution in [0, 0.1) is 11.6 Å². The van der Waals surface area contributed by atoms with E-state index in [9.17, 15) is 18.4 Å². The summed E-state index contributed by atoms with van der Waals surface area (Å²) in [6.45, 7) is 3.52. The second-order valence-corrected chi connectivity index (χ2v) is 5.83. The smallest absolute Gasteiger partial charge is 0.319 e. The maximum atomic E-state index is 13.9. The van der Waals surface area contributed by atoms with Crippen molar-refractivity contribution >= 4 is 29.3 Å². The fraction of sp³-hybridized carbons (Fsp3) is 0.467. The Labute approximate surface area is 132 Å². The first-order chi connectivity index (χ1) is 10.4. The number of carbonyl (C=O) groups is 2. The molecule has 7 heteroatoms. The number of nitrogens with one attached hydrogen (secondary N) is 1. The van der Waals surface area contributed by atoms with Gasteiger partial charge in [0.1, 0.15) is 16.9 Å². The van der Waals surface area contributed by atoms with E-state index in [2.05, 4.69) is 10.1 Å². The number of hydrogen-bond donors (Lipinski definition) is 1. The van der Waals surface area contributed by atoms with Crippen molar-refractivity contribution in [1.82, 2.24) is 0 Å². The predicted octanol–water partition coefficient (Wildman–Crippen LogP) is 3.75. The average Bonchev–Trinajstić information content (AvgIpc) is 2.50. The molecule has 0 radical (unpaired) electrons. The maximum absolute atomic E-state index is 13.9. The van der Waals surface area contributed by atoms with Gasteiger partial charge in [-0.15, -0.1) is 11.8 Å². The summed E-state index contributed by atoms with van der Waals surface area (Å²) in [6.07, 6.45) is 1.40. The van der Waals surface area contributed by atoms with E-state index in [0.717, 1.165) is 18.2 Å². The summed E-state index contributed by atoms with van der Waals surface area (Å²) in [5, 5.41) is 1.79. The molecule has 1 aromatic carbocycles. The molecule has 1 rings (SSSR count). The quantitative estimate of drug-likeness (QED) is 0.611. The molecule has 0 spiro atoms. The van der Waals surface area contributed by atoms with Gasteiger partial charge < -0.3 is 10.1 Å². The Morgan fingerprint density at radius 1 is 1.27 bits per heavy atom. The molecule has 0 aromatic heterocycles. The van der Waals surface area contributed by atoms with E-state index < -0.39 is 22.9 Å². The molecule has 1 atom stereocenters. The lowest BCUT2D eigenvalue weighted by molar-refractivity contribution is -0.140. The molecule has 1 amide bonds. The maximum Gasteiger partial charge on any atom is 0.319 e. The number of halogens is 2. The molecule has 0 aliphatic heterocycles. The number of methoxy groups -OCH3 is 1.